The first-order valence-corrected chi connectivity index (χ1v) is 6.77. The molecule has 0 saturated carbocycles. The number of esters is 2. The second-order valence-corrected chi connectivity index (χ2v) is 4.46. The Bertz CT molecular complexity index is 511. The molecule has 0 aromatic heterocycles. The van der Waals surface area contributed by atoms with Gasteiger partial charge >= 0.3 is 11.9 Å². The fourth-order valence-corrected chi connectivity index (χ4v) is 1.57. The second-order valence-electron chi connectivity index (χ2n) is 4.46. The summed E-state index contributed by atoms with van der Waals surface area (Å²) in [6.07, 6.45) is 0.669. The minimum Gasteiger partial charge on any atom is -0.469 e. The predicted molar refractivity (Wildman–Crippen MR) is 76.9 cm³/mol. The first-order chi connectivity index (χ1) is 10.6. The molecule has 7 heteroatoms. The van der Waals surface area contributed by atoms with Crippen molar-refractivity contribution in [2.45, 2.75) is 19.4 Å². The molecule has 1 aromatic carbocycles. The predicted octanol–water partition coefficient (Wildman–Crippen LogP) is 0.405. The molecule has 0 bridgehead atoms. The van der Waals surface area contributed by atoms with E-state index in [0.717, 1.165) is 0 Å². The van der Waals surface area contributed by atoms with E-state index in [-0.39, 0.29) is 19.0 Å². The number of benzene rings is 1. The Kier molecular flexibility index (Phi) is 7.63. The number of carbonyl (C=O) groups is 3. The largest absolute Gasteiger partial charge is 0.469 e. The SMILES string of the molecule is COC(=O)CCCNC(=O)COC(=O)c1ccc(CO)cc1. The van der Waals surface area contributed by atoms with Crippen molar-refractivity contribution in [1.29, 1.82) is 0 Å². The van der Waals surface area contributed by atoms with Gasteiger partial charge in [-0.15, -0.1) is 0 Å². The van der Waals surface area contributed by atoms with E-state index >= 15 is 0 Å². The summed E-state index contributed by atoms with van der Waals surface area (Å²) in [6.45, 7) is -0.196. The lowest BCUT2D eigenvalue weighted by atomic mass is 10.1. The summed E-state index contributed by atoms with van der Waals surface area (Å²) in [5.74, 6) is -1.40. The van der Waals surface area contributed by atoms with Crippen molar-refractivity contribution in [2.24, 2.45) is 0 Å². The minimum absolute atomic E-state index is 0.108. The average Bonchev–Trinajstić information content (AvgIpc) is 2.56. The number of amides is 1. The summed E-state index contributed by atoms with van der Waals surface area (Å²) in [5.41, 5.74) is 0.982. The molecule has 0 saturated heterocycles. The molecule has 7 nitrogen and oxygen atoms in total. The maximum atomic E-state index is 11.7. The molecule has 0 aliphatic rings. The summed E-state index contributed by atoms with van der Waals surface area (Å²) in [5, 5.41) is 11.4. The maximum Gasteiger partial charge on any atom is 0.338 e. The van der Waals surface area contributed by atoms with Gasteiger partial charge in [0.15, 0.2) is 6.61 Å². The lowest BCUT2D eigenvalue weighted by Crippen LogP contribution is -2.29. The molecule has 0 atom stereocenters. The summed E-state index contributed by atoms with van der Waals surface area (Å²) in [7, 11) is 1.30. The van der Waals surface area contributed by atoms with Gasteiger partial charge in [0.05, 0.1) is 19.3 Å². The van der Waals surface area contributed by atoms with Crippen LogP contribution in [0.2, 0.25) is 0 Å². The Morgan fingerprint density at radius 2 is 1.86 bits per heavy atom. The third-order valence-electron chi connectivity index (χ3n) is 2.81. The quantitative estimate of drug-likeness (QED) is 0.532. The van der Waals surface area contributed by atoms with Crippen LogP contribution in [0, 0.1) is 0 Å². The highest BCUT2D eigenvalue weighted by molar-refractivity contribution is 5.91. The molecule has 0 aliphatic heterocycles. The van der Waals surface area contributed by atoms with Crippen LogP contribution >= 0.6 is 0 Å². The van der Waals surface area contributed by atoms with Crippen molar-refractivity contribution in [2.75, 3.05) is 20.3 Å². The van der Waals surface area contributed by atoms with Gasteiger partial charge in [-0.3, -0.25) is 9.59 Å². The van der Waals surface area contributed by atoms with E-state index in [1.807, 2.05) is 0 Å². The van der Waals surface area contributed by atoms with Crippen LogP contribution in [0.5, 0.6) is 0 Å². The van der Waals surface area contributed by atoms with Crippen LogP contribution in [0.3, 0.4) is 0 Å². The number of hydrogen-bond donors (Lipinski definition) is 2. The van der Waals surface area contributed by atoms with E-state index in [4.69, 9.17) is 9.84 Å². The molecule has 0 fully saturated rings. The van der Waals surface area contributed by atoms with Crippen LogP contribution < -0.4 is 5.32 Å². The van der Waals surface area contributed by atoms with Gasteiger partial charge < -0.3 is 19.9 Å². The standard InChI is InChI=1S/C15H19NO6/c1-21-14(19)3-2-8-16-13(18)10-22-15(20)12-6-4-11(9-17)5-7-12/h4-7,17H,2-3,8-10H2,1H3,(H,16,18). The fraction of sp³-hybridized carbons (Fsp3) is 0.400. The molecule has 0 radical (unpaired) electrons. The molecule has 0 aliphatic carbocycles. The van der Waals surface area contributed by atoms with Crippen molar-refractivity contribution < 1.29 is 29.0 Å². The molecule has 1 amide bonds. The van der Waals surface area contributed by atoms with Crippen molar-refractivity contribution in [3.8, 4) is 0 Å². The molecule has 1 rings (SSSR count). The first kappa shape index (κ1) is 17.6. The van der Waals surface area contributed by atoms with Gasteiger partial charge in [0.1, 0.15) is 0 Å². The number of carbonyl (C=O) groups excluding carboxylic acids is 3. The molecular weight excluding hydrogens is 290 g/mol. The van der Waals surface area contributed by atoms with Crippen molar-refractivity contribution in [3.05, 3.63) is 35.4 Å². The number of aliphatic hydroxyl groups excluding tert-OH is 1. The number of hydrogen-bond acceptors (Lipinski definition) is 6. The smallest absolute Gasteiger partial charge is 0.338 e. The van der Waals surface area contributed by atoms with E-state index in [9.17, 15) is 14.4 Å². The van der Waals surface area contributed by atoms with Crippen molar-refractivity contribution in [3.63, 3.8) is 0 Å². The van der Waals surface area contributed by atoms with Crippen LogP contribution in [-0.2, 0) is 25.7 Å². The number of aliphatic hydroxyl groups is 1. The monoisotopic (exact) mass is 309 g/mol. The topological polar surface area (TPSA) is 102 Å². The average molecular weight is 309 g/mol. The van der Waals surface area contributed by atoms with Crippen molar-refractivity contribution >= 4 is 17.8 Å². The summed E-state index contributed by atoms with van der Waals surface area (Å²) in [6, 6.07) is 6.23. The second kappa shape index (κ2) is 9.51. The zero-order valence-electron chi connectivity index (χ0n) is 12.3. The molecule has 0 spiro atoms. The van der Waals surface area contributed by atoms with Gasteiger partial charge in [-0.25, -0.2) is 4.79 Å². The summed E-state index contributed by atoms with van der Waals surface area (Å²) >= 11 is 0. The van der Waals surface area contributed by atoms with Gasteiger partial charge in [-0.2, -0.15) is 0 Å². The van der Waals surface area contributed by atoms with E-state index in [2.05, 4.69) is 10.1 Å². The molecule has 120 valence electrons. The normalized spacial score (nSPS) is 9.91. The first-order valence-electron chi connectivity index (χ1n) is 6.77. The number of nitrogens with one attached hydrogen (secondary N) is 1. The molecule has 22 heavy (non-hydrogen) atoms. The number of rotatable bonds is 8. The highest BCUT2D eigenvalue weighted by Gasteiger charge is 2.10. The Balaban J connectivity index is 2.25. The Hall–Kier alpha value is -2.41. The molecule has 2 N–H and O–H groups in total. The number of methoxy groups -OCH3 is 1. The van der Waals surface area contributed by atoms with E-state index in [0.29, 0.717) is 24.1 Å². The molecule has 0 unspecified atom stereocenters. The third kappa shape index (κ3) is 6.36. The third-order valence-corrected chi connectivity index (χ3v) is 2.81. The summed E-state index contributed by atoms with van der Waals surface area (Å²) in [4.78, 5) is 34.0. The Morgan fingerprint density at radius 3 is 2.45 bits per heavy atom. The van der Waals surface area contributed by atoms with Gasteiger partial charge in [0.2, 0.25) is 0 Å². The lowest BCUT2D eigenvalue weighted by molar-refractivity contribution is -0.140. The van der Waals surface area contributed by atoms with Crippen LogP contribution in [-0.4, -0.2) is 43.2 Å². The van der Waals surface area contributed by atoms with E-state index in [1.54, 1.807) is 12.1 Å². The van der Waals surface area contributed by atoms with Crippen LogP contribution in [0.25, 0.3) is 0 Å². The minimum atomic E-state index is -0.616. The zero-order valence-corrected chi connectivity index (χ0v) is 12.3. The van der Waals surface area contributed by atoms with Gasteiger partial charge in [0, 0.05) is 13.0 Å². The molecular formula is C15H19NO6. The molecule has 1 aromatic rings. The summed E-state index contributed by atoms with van der Waals surface area (Å²) < 4.78 is 9.32. The Morgan fingerprint density at radius 1 is 1.18 bits per heavy atom. The highest BCUT2D eigenvalue weighted by atomic mass is 16.5. The maximum absolute atomic E-state index is 11.7. The number of ether oxygens (including phenoxy) is 2. The van der Waals surface area contributed by atoms with Gasteiger partial charge in [-0.05, 0) is 24.1 Å². The van der Waals surface area contributed by atoms with Crippen LogP contribution in [0.4, 0.5) is 0 Å². The molecule has 0 heterocycles. The van der Waals surface area contributed by atoms with Crippen LogP contribution in [0.15, 0.2) is 24.3 Å². The Labute approximate surface area is 128 Å². The van der Waals surface area contributed by atoms with E-state index < -0.39 is 18.5 Å². The van der Waals surface area contributed by atoms with Gasteiger partial charge in [-0.1, -0.05) is 12.1 Å². The van der Waals surface area contributed by atoms with Gasteiger partial charge in [0.25, 0.3) is 5.91 Å². The zero-order chi connectivity index (χ0) is 16.4. The fourth-order valence-electron chi connectivity index (χ4n) is 1.57. The van der Waals surface area contributed by atoms with E-state index in [1.165, 1.54) is 19.2 Å². The van der Waals surface area contributed by atoms with Crippen molar-refractivity contribution in [1.82, 2.24) is 5.32 Å². The highest BCUT2D eigenvalue weighted by Crippen LogP contribution is 2.05. The van der Waals surface area contributed by atoms with Crippen LogP contribution in [0.1, 0.15) is 28.8 Å². The lowest BCUT2D eigenvalue weighted by Gasteiger charge is -2.06.